The fraction of sp³-hybridized carbons (Fsp3) is 0.609. The van der Waals surface area contributed by atoms with Gasteiger partial charge in [-0.1, -0.05) is 0 Å². The summed E-state index contributed by atoms with van der Waals surface area (Å²) in [6.45, 7) is 6.32. The van der Waals surface area contributed by atoms with Crippen molar-refractivity contribution in [3.05, 3.63) is 38.9 Å². The summed E-state index contributed by atoms with van der Waals surface area (Å²) in [7, 11) is -2.25. The Morgan fingerprint density at radius 3 is 2.64 bits per heavy atom. The zero-order valence-corrected chi connectivity index (χ0v) is 22.3. The Morgan fingerprint density at radius 2 is 2.00 bits per heavy atom. The molecular formula is C23H36N2O5S3. The molecule has 0 radical (unpaired) electrons. The van der Waals surface area contributed by atoms with Crippen LogP contribution < -0.4 is 5.32 Å². The molecule has 7 nitrogen and oxygen atoms in total. The van der Waals surface area contributed by atoms with E-state index in [0.717, 1.165) is 29.7 Å². The molecule has 0 saturated heterocycles. The van der Waals surface area contributed by atoms with Crippen molar-refractivity contribution in [2.75, 3.05) is 20.1 Å². The molecule has 3 N–H and O–H groups in total. The number of β-amino-alcohol motifs (C(OH)–C–C–N with tert-alkyl or cyclic N) is 1. The number of aryl methyl sites for hydroxylation is 3. The summed E-state index contributed by atoms with van der Waals surface area (Å²) in [5.74, 6) is -0.858. The maximum atomic E-state index is 13.0. The zero-order valence-electron chi connectivity index (χ0n) is 19.8. The van der Waals surface area contributed by atoms with Crippen LogP contribution in [0.4, 0.5) is 0 Å². The van der Waals surface area contributed by atoms with Crippen LogP contribution in [0, 0.1) is 6.92 Å². The third kappa shape index (κ3) is 9.11. The predicted octanol–water partition coefficient (Wildman–Crippen LogP) is 3.90. The van der Waals surface area contributed by atoms with E-state index in [-0.39, 0.29) is 22.7 Å². The molecule has 2 aromatic rings. The van der Waals surface area contributed by atoms with Gasteiger partial charge in [-0.15, -0.1) is 11.3 Å². The van der Waals surface area contributed by atoms with Crippen molar-refractivity contribution in [2.24, 2.45) is 0 Å². The number of carbonyl (C=O) groups is 1. The molecule has 0 aliphatic carbocycles. The Kier molecular flexibility index (Phi) is 10.5. The second-order valence-corrected chi connectivity index (χ2v) is 13.4. The van der Waals surface area contributed by atoms with Gasteiger partial charge in [0, 0.05) is 37.0 Å². The maximum absolute atomic E-state index is 13.0. The fourth-order valence-corrected chi connectivity index (χ4v) is 7.20. The van der Waals surface area contributed by atoms with Gasteiger partial charge < -0.3 is 15.5 Å². The van der Waals surface area contributed by atoms with Gasteiger partial charge >= 0.3 is 5.97 Å². The largest absolute Gasteiger partial charge is 0.481 e. The summed E-state index contributed by atoms with van der Waals surface area (Å²) < 4.78 is 27.4. The lowest BCUT2D eigenvalue weighted by molar-refractivity contribution is -0.137. The van der Waals surface area contributed by atoms with Crippen molar-refractivity contribution in [3.63, 3.8) is 0 Å². The number of aliphatic hydroxyl groups is 1. The summed E-state index contributed by atoms with van der Waals surface area (Å²) in [4.78, 5) is 11.6. The normalized spacial score (nSPS) is 13.5. The molecule has 2 rings (SSSR count). The molecule has 0 unspecified atom stereocenters. The predicted molar refractivity (Wildman–Crippen MR) is 135 cm³/mol. The molecule has 0 saturated carbocycles. The van der Waals surface area contributed by atoms with E-state index >= 15 is 0 Å². The second-order valence-electron chi connectivity index (χ2n) is 9.08. The molecule has 0 bridgehead atoms. The van der Waals surface area contributed by atoms with Gasteiger partial charge in [0.25, 0.3) is 10.0 Å². The van der Waals surface area contributed by atoms with E-state index in [1.165, 1.54) is 28.3 Å². The van der Waals surface area contributed by atoms with Crippen LogP contribution in [0.1, 0.15) is 55.5 Å². The van der Waals surface area contributed by atoms with Gasteiger partial charge in [-0.05, 0) is 86.9 Å². The van der Waals surface area contributed by atoms with E-state index in [1.807, 2.05) is 6.92 Å². The fourth-order valence-electron chi connectivity index (χ4n) is 3.56. The number of carboxylic acid groups (broad SMARTS) is 1. The van der Waals surface area contributed by atoms with Gasteiger partial charge in [-0.3, -0.25) is 4.79 Å². The van der Waals surface area contributed by atoms with E-state index in [4.69, 9.17) is 5.11 Å². The van der Waals surface area contributed by atoms with E-state index in [9.17, 15) is 18.3 Å². The third-order valence-electron chi connectivity index (χ3n) is 5.63. The molecule has 0 aromatic carbocycles. The molecule has 10 heteroatoms. The topological polar surface area (TPSA) is 107 Å². The highest BCUT2D eigenvalue weighted by molar-refractivity contribution is 7.91. The SMILES string of the molecule is Cc1sc(S(=O)(=O)N(C)C[C@H](O)CNC(C)(C)CCCc2ccsc2)cc1CCCC(=O)O. The summed E-state index contributed by atoms with van der Waals surface area (Å²) in [6.07, 6.45) is 3.22. The average molecular weight is 517 g/mol. The Morgan fingerprint density at radius 1 is 1.27 bits per heavy atom. The van der Waals surface area contributed by atoms with E-state index < -0.39 is 22.1 Å². The lowest BCUT2D eigenvalue weighted by Gasteiger charge is -2.29. The van der Waals surface area contributed by atoms with E-state index in [0.29, 0.717) is 19.4 Å². The minimum Gasteiger partial charge on any atom is -0.481 e. The van der Waals surface area contributed by atoms with Crippen LogP contribution >= 0.6 is 22.7 Å². The molecule has 186 valence electrons. The number of hydrogen-bond donors (Lipinski definition) is 3. The first-order valence-electron chi connectivity index (χ1n) is 11.1. The number of hydrogen-bond acceptors (Lipinski definition) is 7. The number of sulfonamides is 1. The van der Waals surface area contributed by atoms with Gasteiger partial charge in [0.15, 0.2) is 0 Å². The van der Waals surface area contributed by atoms with Crippen LogP contribution in [-0.4, -0.2) is 60.7 Å². The van der Waals surface area contributed by atoms with Gasteiger partial charge in [0.05, 0.1) is 6.10 Å². The molecule has 1 atom stereocenters. The number of carboxylic acids is 1. The number of rotatable bonds is 15. The van der Waals surface area contributed by atoms with Crippen LogP contribution in [0.15, 0.2) is 27.1 Å². The quantitative estimate of drug-likeness (QED) is 0.331. The number of aliphatic carboxylic acids is 1. The first-order valence-corrected chi connectivity index (χ1v) is 14.3. The van der Waals surface area contributed by atoms with Crippen LogP contribution in [0.3, 0.4) is 0 Å². The summed E-state index contributed by atoms with van der Waals surface area (Å²) in [5.41, 5.74) is 2.04. The minimum absolute atomic E-state index is 0.00832. The highest BCUT2D eigenvalue weighted by Gasteiger charge is 2.27. The summed E-state index contributed by atoms with van der Waals surface area (Å²) in [6, 6.07) is 3.77. The molecule has 0 aliphatic heterocycles. The average Bonchev–Trinajstić information content (AvgIpc) is 3.36. The van der Waals surface area contributed by atoms with E-state index in [2.05, 4.69) is 36.0 Å². The smallest absolute Gasteiger partial charge is 0.303 e. The standard InChI is InChI=1S/C23H36N2O5S3/c1-17-19(8-5-9-21(27)28)13-22(32-17)33(29,30)25(4)15-20(26)14-24-23(2,3)11-6-7-18-10-12-31-16-18/h10,12-13,16,20,24,26H,5-9,11,14-15H2,1-4H3,(H,27,28)/t20-/m1/s1. The molecular weight excluding hydrogens is 480 g/mol. The number of likely N-dealkylation sites (N-methyl/N-ethyl adjacent to an activating group) is 1. The van der Waals surface area contributed by atoms with Crippen molar-refractivity contribution in [3.8, 4) is 0 Å². The molecule has 0 fully saturated rings. The lowest BCUT2D eigenvalue weighted by atomic mass is 9.96. The monoisotopic (exact) mass is 516 g/mol. The van der Waals surface area contributed by atoms with Crippen molar-refractivity contribution in [2.45, 2.75) is 75.1 Å². The van der Waals surface area contributed by atoms with Crippen molar-refractivity contribution in [1.82, 2.24) is 9.62 Å². The third-order valence-corrected chi connectivity index (χ3v) is 9.73. The summed E-state index contributed by atoms with van der Waals surface area (Å²) in [5, 5.41) is 26.9. The molecule has 2 heterocycles. The molecule has 0 aliphatic rings. The minimum atomic E-state index is -3.72. The van der Waals surface area contributed by atoms with Crippen molar-refractivity contribution >= 4 is 38.7 Å². The first-order chi connectivity index (χ1) is 15.4. The molecule has 33 heavy (non-hydrogen) atoms. The van der Waals surface area contributed by atoms with Gasteiger partial charge in [-0.25, -0.2) is 8.42 Å². The Hall–Kier alpha value is -1.30. The van der Waals surface area contributed by atoms with Gasteiger partial charge in [-0.2, -0.15) is 15.6 Å². The first kappa shape index (κ1) is 27.9. The Labute approximate surface area is 205 Å². The van der Waals surface area contributed by atoms with Crippen LogP contribution in [0.2, 0.25) is 0 Å². The Bertz CT molecular complexity index is 984. The van der Waals surface area contributed by atoms with Crippen LogP contribution in [0.5, 0.6) is 0 Å². The number of thiophene rings is 2. The van der Waals surface area contributed by atoms with Gasteiger partial charge in [0.2, 0.25) is 0 Å². The number of aliphatic hydroxyl groups excluding tert-OH is 1. The molecule has 0 spiro atoms. The van der Waals surface area contributed by atoms with E-state index in [1.54, 1.807) is 17.4 Å². The maximum Gasteiger partial charge on any atom is 0.303 e. The van der Waals surface area contributed by atoms with Crippen LogP contribution in [0.25, 0.3) is 0 Å². The number of nitrogens with zero attached hydrogens (tertiary/aromatic N) is 1. The van der Waals surface area contributed by atoms with Gasteiger partial charge in [0.1, 0.15) is 4.21 Å². The van der Waals surface area contributed by atoms with Crippen molar-refractivity contribution in [1.29, 1.82) is 0 Å². The molecule has 2 aromatic heterocycles. The lowest BCUT2D eigenvalue weighted by Crippen LogP contribution is -2.46. The second kappa shape index (κ2) is 12.4. The van der Waals surface area contributed by atoms with Crippen molar-refractivity contribution < 1.29 is 23.4 Å². The molecule has 0 amide bonds. The highest BCUT2D eigenvalue weighted by atomic mass is 32.2. The van der Waals surface area contributed by atoms with Crippen LogP contribution in [-0.2, 0) is 27.7 Å². The Balaban J connectivity index is 1.84. The highest BCUT2D eigenvalue weighted by Crippen LogP contribution is 2.29. The zero-order chi connectivity index (χ0) is 24.6. The number of nitrogens with one attached hydrogen (secondary N) is 1. The summed E-state index contributed by atoms with van der Waals surface area (Å²) >= 11 is 2.89.